The minimum Gasteiger partial charge on any atom is -0.546 e. The summed E-state index contributed by atoms with van der Waals surface area (Å²) in [6.07, 6.45) is 9.01. The van der Waals surface area contributed by atoms with E-state index in [1.54, 1.807) is 36.4 Å². The SMILES string of the molecule is CCOc1nn(-c2ccc(CC)cc2)cc1CCCOc1cccc(OC(C)(C)C(=O)[O-])c1.CCOc1nn(-c2ccc(CC)cc2)cc1CCCOc1cccc(OC(C)(C)C(=O)[O-])c1.[Ca+2]. The molecule has 0 fully saturated rings. The Bertz CT molecular complexity index is 2290. The van der Waals surface area contributed by atoms with Gasteiger partial charge in [0.15, 0.2) is 0 Å². The number of carboxylic acid groups (broad SMARTS) is 2. The number of carboxylic acids is 2. The number of rotatable bonds is 24. The Morgan fingerprint density at radius 3 is 1.22 bits per heavy atom. The second-order valence-electron chi connectivity index (χ2n) is 16.4. The average Bonchev–Trinajstić information content (AvgIpc) is 3.90. The van der Waals surface area contributed by atoms with Crippen LogP contribution in [-0.2, 0) is 35.3 Å². The van der Waals surface area contributed by atoms with Gasteiger partial charge >= 0.3 is 37.7 Å². The molecule has 0 saturated heterocycles. The van der Waals surface area contributed by atoms with Gasteiger partial charge in [0.05, 0.1) is 49.7 Å². The second-order valence-corrected chi connectivity index (χ2v) is 16.4. The van der Waals surface area contributed by atoms with Crippen molar-refractivity contribution in [2.75, 3.05) is 26.4 Å². The van der Waals surface area contributed by atoms with E-state index in [0.717, 1.165) is 61.0 Å². The maximum Gasteiger partial charge on any atom is 2.00 e. The molecule has 14 nitrogen and oxygen atoms in total. The number of aromatic nitrogens is 4. The zero-order chi connectivity index (χ0) is 47.7. The van der Waals surface area contributed by atoms with Crippen LogP contribution in [-0.4, -0.2) is 107 Å². The largest absolute Gasteiger partial charge is 2.00 e. The fourth-order valence-electron chi connectivity index (χ4n) is 6.51. The van der Waals surface area contributed by atoms with Crippen LogP contribution in [0.25, 0.3) is 11.4 Å². The molecule has 0 radical (unpaired) electrons. The predicted octanol–water partition coefficient (Wildman–Crippen LogP) is 7.12. The maximum atomic E-state index is 11.2. The van der Waals surface area contributed by atoms with Gasteiger partial charge in [-0.1, -0.05) is 50.2 Å². The fraction of sp³-hybridized carbons (Fsp3) is 0.385. The summed E-state index contributed by atoms with van der Waals surface area (Å²) in [5.74, 6) is 0.763. The third kappa shape index (κ3) is 16.3. The monoisotopic (exact) mass is 942 g/mol. The Morgan fingerprint density at radius 1 is 0.537 bits per heavy atom. The molecule has 15 heteroatoms. The number of aliphatic carboxylic acids is 2. The normalized spacial score (nSPS) is 11.1. The van der Waals surface area contributed by atoms with Crippen LogP contribution in [0.2, 0.25) is 0 Å². The summed E-state index contributed by atoms with van der Waals surface area (Å²) >= 11 is 0. The van der Waals surface area contributed by atoms with Gasteiger partial charge in [-0.25, -0.2) is 9.36 Å². The van der Waals surface area contributed by atoms with Crippen LogP contribution in [0.3, 0.4) is 0 Å². The molecule has 0 unspecified atom stereocenters. The molecule has 0 aliphatic carbocycles. The number of aryl methyl sites for hydroxylation is 4. The first-order valence-corrected chi connectivity index (χ1v) is 22.5. The Labute approximate surface area is 424 Å². The molecule has 6 aromatic rings. The first-order valence-electron chi connectivity index (χ1n) is 22.5. The summed E-state index contributed by atoms with van der Waals surface area (Å²) < 4.78 is 37.9. The van der Waals surface area contributed by atoms with Crippen molar-refractivity contribution in [1.29, 1.82) is 0 Å². The first kappa shape index (κ1) is 53.9. The van der Waals surface area contributed by atoms with E-state index < -0.39 is 23.1 Å². The fourth-order valence-corrected chi connectivity index (χ4v) is 6.51. The Morgan fingerprint density at radius 2 is 0.896 bits per heavy atom. The third-order valence-electron chi connectivity index (χ3n) is 10.3. The second kappa shape index (κ2) is 26.0. The molecule has 67 heavy (non-hydrogen) atoms. The smallest absolute Gasteiger partial charge is 0.546 e. The topological polar surface area (TPSA) is 171 Å². The van der Waals surface area contributed by atoms with E-state index in [4.69, 9.17) is 28.4 Å². The van der Waals surface area contributed by atoms with E-state index in [9.17, 15) is 19.8 Å². The number of carbonyl (C=O) groups is 2. The maximum absolute atomic E-state index is 11.2. The quantitative estimate of drug-likeness (QED) is 0.0445. The van der Waals surface area contributed by atoms with E-state index >= 15 is 0 Å². The van der Waals surface area contributed by atoms with Crippen LogP contribution in [0.5, 0.6) is 34.8 Å². The van der Waals surface area contributed by atoms with Crippen molar-refractivity contribution in [3.8, 4) is 46.1 Å². The molecule has 0 atom stereocenters. The van der Waals surface area contributed by atoms with E-state index in [2.05, 4.69) is 72.6 Å². The van der Waals surface area contributed by atoms with E-state index in [1.807, 2.05) is 47.7 Å². The van der Waals surface area contributed by atoms with Crippen molar-refractivity contribution in [3.63, 3.8) is 0 Å². The number of hydrogen-bond donors (Lipinski definition) is 0. The van der Waals surface area contributed by atoms with Crippen LogP contribution in [0.15, 0.2) is 109 Å². The van der Waals surface area contributed by atoms with Gasteiger partial charge < -0.3 is 48.2 Å². The number of ether oxygens (including phenoxy) is 6. The summed E-state index contributed by atoms with van der Waals surface area (Å²) in [6, 6.07) is 30.5. The minimum absolute atomic E-state index is 0. The van der Waals surface area contributed by atoms with Gasteiger partial charge in [0.2, 0.25) is 11.8 Å². The summed E-state index contributed by atoms with van der Waals surface area (Å²) in [4.78, 5) is 22.3. The average molecular weight is 943 g/mol. The molecule has 6 rings (SSSR count). The molecule has 0 saturated carbocycles. The van der Waals surface area contributed by atoms with Gasteiger partial charge in [-0.2, -0.15) is 0 Å². The molecule has 352 valence electrons. The summed E-state index contributed by atoms with van der Waals surface area (Å²) in [5, 5.41) is 31.5. The first-order chi connectivity index (χ1) is 31.6. The van der Waals surface area contributed by atoms with Crippen LogP contribution < -0.4 is 38.6 Å². The van der Waals surface area contributed by atoms with Crippen molar-refractivity contribution < 1.29 is 48.2 Å². The molecule has 2 heterocycles. The van der Waals surface area contributed by atoms with Crippen molar-refractivity contribution >= 4 is 49.7 Å². The molecule has 0 bridgehead atoms. The summed E-state index contributed by atoms with van der Waals surface area (Å²) in [6.45, 7) is 16.0. The van der Waals surface area contributed by atoms with Gasteiger partial charge in [0, 0.05) is 35.7 Å². The van der Waals surface area contributed by atoms with Crippen molar-refractivity contribution in [2.24, 2.45) is 0 Å². The Balaban J connectivity index is 0.000000288. The molecule has 0 N–H and O–H groups in total. The summed E-state index contributed by atoms with van der Waals surface area (Å²) in [7, 11) is 0. The Hall–Kier alpha value is -5.70. The summed E-state index contributed by atoms with van der Waals surface area (Å²) in [5.41, 5.74) is 3.74. The molecular weight excluding hydrogens is 881 g/mol. The molecule has 2 aromatic heterocycles. The minimum atomic E-state index is -1.43. The number of carbonyl (C=O) groups excluding carboxylic acids is 2. The predicted molar refractivity (Wildman–Crippen MR) is 254 cm³/mol. The molecule has 4 aromatic carbocycles. The number of hydrogen-bond acceptors (Lipinski definition) is 12. The zero-order valence-electron chi connectivity index (χ0n) is 40.0. The van der Waals surface area contributed by atoms with Gasteiger partial charge in [-0.15, -0.1) is 10.2 Å². The number of nitrogens with zero attached hydrogens (tertiary/aromatic N) is 4. The van der Waals surface area contributed by atoms with Crippen molar-refractivity contribution in [3.05, 3.63) is 132 Å². The van der Waals surface area contributed by atoms with Crippen LogP contribution >= 0.6 is 0 Å². The van der Waals surface area contributed by atoms with Gasteiger partial charge in [0.25, 0.3) is 0 Å². The van der Waals surface area contributed by atoms with Crippen LogP contribution in [0.4, 0.5) is 0 Å². The Kier molecular flexibility index (Phi) is 20.9. The van der Waals surface area contributed by atoms with E-state index in [0.29, 0.717) is 61.2 Å². The number of benzene rings is 4. The molecule has 0 spiro atoms. The van der Waals surface area contributed by atoms with Crippen LogP contribution in [0, 0.1) is 0 Å². The van der Waals surface area contributed by atoms with Crippen LogP contribution in [0.1, 0.15) is 90.5 Å². The molecular formula is C52H62CaN4O10. The van der Waals surface area contributed by atoms with Gasteiger partial charge in [-0.3, -0.25) is 0 Å². The van der Waals surface area contributed by atoms with Gasteiger partial charge in [0.1, 0.15) is 34.2 Å². The zero-order valence-corrected chi connectivity index (χ0v) is 42.3. The molecule has 0 aliphatic rings. The van der Waals surface area contributed by atoms with Gasteiger partial charge in [-0.05, 0) is 140 Å². The standard InChI is InChI=1S/2C26H32N2O5.Ca/c2*1-5-19-12-14-21(15-13-19)28-18-20(24(27-28)31-6-2)9-8-16-32-22-10-7-11-23(17-22)33-26(3,4)25(29)30;/h2*7,10-15,17-18H,5-6,8-9,16H2,1-4H3,(H,29,30);/q;;+2/p-2. The molecule has 0 amide bonds. The van der Waals surface area contributed by atoms with E-state index in [1.165, 1.54) is 38.8 Å². The van der Waals surface area contributed by atoms with Crippen molar-refractivity contribution in [1.82, 2.24) is 19.6 Å². The van der Waals surface area contributed by atoms with E-state index in [-0.39, 0.29) is 37.7 Å². The third-order valence-corrected chi connectivity index (χ3v) is 10.3. The van der Waals surface area contributed by atoms with Crippen molar-refractivity contribution in [2.45, 2.75) is 105 Å². The molecule has 0 aliphatic heterocycles.